The van der Waals surface area contributed by atoms with Crippen LogP contribution in [0.5, 0.6) is 0 Å². The number of nitrogens with one attached hydrogen (secondary N) is 2. The van der Waals surface area contributed by atoms with E-state index in [1.165, 1.54) is 24.0 Å². The molecule has 0 unspecified atom stereocenters. The highest BCUT2D eigenvalue weighted by Gasteiger charge is 2.17. The van der Waals surface area contributed by atoms with Crippen LogP contribution in [-0.2, 0) is 4.74 Å². The van der Waals surface area contributed by atoms with Gasteiger partial charge in [0.05, 0.1) is 12.1 Å². The molecule has 7 heteroatoms. The van der Waals surface area contributed by atoms with E-state index in [4.69, 9.17) is 28.6 Å². The fourth-order valence-electron chi connectivity index (χ4n) is 2.30. The van der Waals surface area contributed by atoms with Crippen molar-refractivity contribution in [3.8, 4) is 0 Å². The van der Waals surface area contributed by atoms with Crippen molar-refractivity contribution in [1.29, 1.82) is 0 Å². The molecule has 0 radical (unpaired) electrons. The van der Waals surface area contributed by atoms with Gasteiger partial charge in [-0.15, -0.1) is 11.3 Å². The number of benzene rings is 2. The Hall–Kier alpha value is -2.15. The van der Waals surface area contributed by atoms with Crippen molar-refractivity contribution in [2.24, 2.45) is 0 Å². The molecule has 25 heavy (non-hydrogen) atoms. The highest BCUT2D eigenvalue weighted by molar-refractivity contribution is 7.80. The van der Waals surface area contributed by atoms with Gasteiger partial charge in [0.25, 0.3) is 0 Å². The van der Waals surface area contributed by atoms with Crippen LogP contribution in [0.1, 0.15) is 15.2 Å². The van der Waals surface area contributed by atoms with Gasteiger partial charge in [-0.1, -0.05) is 29.3 Å². The van der Waals surface area contributed by atoms with Gasteiger partial charge in [0, 0.05) is 21.5 Å². The van der Waals surface area contributed by atoms with Gasteiger partial charge in [-0.05, 0) is 49.5 Å². The number of halogens is 1. The minimum Gasteiger partial charge on any atom is -0.465 e. The normalized spacial score (nSPS) is 10.5. The van der Waals surface area contributed by atoms with Gasteiger partial charge in [0.2, 0.25) is 0 Å². The summed E-state index contributed by atoms with van der Waals surface area (Å²) in [7, 11) is 1.34. The number of hydrogen-bond acceptors (Lipinski definition) is 4. The molecule has 3 rings (SSSR count). The van der Waals surface area contributed by atoms with E-state index in [2.05, 4.69) is 10.6 Å². The summed E-state index contributed by atoms with van der Waals surface area (Å²) in [5, 5.41) is 7.99. The summed E-state index contributed by atoms with van der Waals surface area (Å²) in [4.78, 5) is 12.2. The van der Waals surface area contributed by atoms with Crippen molar-refractivity contribution in [3.05, 3.63) is 57.9 Å². The Balaban J connectivity index is 1.78. The van der Waals surface area contributed by atoms with Crippen molar-refractivity contribution >= 4 is 67.7 Å². The molecular weight excluding hydrogens is 376 g/mol. The summed E-state index contributed by atoms with van der Waals surface area (Å²) in [6.07, 6.45) is 0. The number of anilines is 2. The third kappa shape index (κ3) is 3.92. The van der Waals surface area contributed by atoms with Crippen LogP contribution >= 0.6 is 35.2 Å². The molecule has 0 fully saturated rings. The lowest BCUT2D eigenvalue weighted by molar-refractivity contribution is 0.0606. The maximum absolute atomic E-state index is 11.8. The lowest BCUT2D eigenvalue weighted by Gasteiger charge is -2.10. The van der Waals surface area contributed by atoms with Gasteiger partial charge >= 0.3 is 5.97 Å². The number of ether oxygens (including phenoxy) is 1. The van der Waals surface area contributed by atoms with E-state index in [1.807, 2.05) is 49.4 Å². The Morgan fingerprint density at radius 1 is 1.12 bits per heavy atom. The summed E-state index contributed by atoms with van der Waals surface area (Å²) in [5.41, 5.74) is 2.91. The van der Waals surface area contributed by atoms with Gasteiger partial charge in [0.1, 0.15) is 4.88 Å². The zero-order chi connectivity index (χ0) is 18.0. The zero-order valence-corrected chi connectivity index (χ0v) is 15.9. The maximum Gasteiger partial charge on any atom is 0.349 e. The SMILES string of the molecule is COC(=O)c1sc2cc(NC(=S)Nc3ccc(C)cc3)ccc2c1Cl. The van der Waals surface area contributed by atoms with E-state index in [0.717, 1.165) is 21.5 Å². The fraction of sp³-hybridized carbons (Fsp3) is 0.111. The summed E-state index contributed by atoms with van der Waals surface area (Å²) in [6, 6.07) is 13.6. The van der Waals surface area contributed by atoms with Crippen LogP contribution in [0.2, 0.25) is 5.02 Å². The van der Waals surface area contributed by atoms with Crippen LogP contribution in [0.15, 0.2) is 42.5 Å². The standard InChI is InChI=1S/C18H15ClN2O2S2/c1-10-3-5-11(6-4-10)20-18(24)21-12-7-8-13-14(9-12)25-16(15(13)19)17(22)23-2/h3-9H,1-2H3,(H2,20,21,24). The molecule has 0 aliphatic carbocycles. The number of rotatable bonds is 3. The van der Waals surface area contributed by atoms with Crippen LogP contribution in [0.4, 0.5) is 11.4 Å². The molecule has 0 atom stereocenters. The number of carbonyl (C=O) groups is 1. The first-order valence-corrected chi connectivity index (χ1v) is 9.03. The molecular formula is C18H15ClN2O2S2. The minimum atomic E-state index is -0.433. The molecule has 0 saturated carbocycles. The average molecular weight is 391 g/mol. The van der Waals surface area contributed by atoms with E-state index in [1.54, 1.807) is 0 Å². The van der Waals surface area contributed by atoms with E-state index in [-0.39, 0.29) is 0 Å². The van der Waals surface area contributed by atoms with Gasteiger partial charge < -0.3 is 15.4 Å². The van der Waals surface area contributed by atoms with Crippen molar-refractivity contribution in [3.63, 3.8) is 0 Å². The molecule has 0 aliphatic heterocycles. The number of thiophene rings is 1. The monoisotopic (exact) mass is 390 g/mol. The van der Waals surface area contributed by atoms with Gasteiger partial charge in [0.15, 0.2) is 5.11 Å². The van der Waals surface area contributed by atoms with Crippen LogP contribution in [-0.4, -0.2) is 18.2 Å². The topological polar surface area (TPSA) is 50.4 Å². The molecule has 0 spiro atoms. The Kier molecular flexibility index (Phi) is 5.22. The molecule has 4 nitrogen and oxygen atoms in total. The highest BCUT2D eigenvalue weighted by atomic mass is 35.5. The van der Waals surface area contributed by atoms with Crippen molar-refractivity contribution < 1.29 is 9.53 Å². The van der Waals surface area contributed by atoms with E-state index >= 15 is 0 Å². The Labute approximate surface area is 159 Å². The van der Waals surface area contributed by atoms with E-state index in [0.29, 0.717) is 15.0 Å². The molecule has 0 aliphatic rings. The van der Waals surface area contributed by atoms with Crippen LogP contribution in [0.25, 0.3) is 10.1 Å². The van der Waals surface area contributed by atoms with Gasteiger partial charge in [-0.25, -0.2) is 4.79 Å². The average Bonchev–Trinajstić information content (AvgIpc) is 2.92. The number of esters is 1. The zero-order valence-electron chi connectivity index (χ0n) is 13.6. The first-order valence-electron chi connectivity index (χ1n) is 7.43. The maximum atomic E-state index is 11.8. The fourth-order valence-corrected chi connectivity index (χ4v) is 4.00. The molecule has 1 aromatic heterocycles. The third-order valence-corrected chi connectivity index (χ3v) is 5.41. The summed E-state index contributed by atoms with van der Waals surface area (Å²) in [5.74, 6) is -0.433. The number of carbonyl (C=O) groups excluding carboxylic acids is 1. The van der Waals surface area contributed by atoms with E-state index in [9.17, 15) is 4.79 Å². The summed E-state index contributed by atoms with van der Waals surface area (Å²) < 4.78 is 5.64. The van der Waals surface area contributed by atoms with E-state index < -0.39 is 5.97 Å². The molecule has 3 aromatic rings. The number of thiocarbonyl (C=S) groups is 1. The van der Waals surface area contributed by atoms with Crippen molar-refractivity contribution in [2.45, 2.75) is 6.92 Å². The first kappa shape index (κ1) is 17.7. The van der Waals surface area contributed by atoms with Crippen LogP contribution in [0.3, 0.4) is 0 Å². The first-order chi connectivity index (χ1) is 12.0. The number of methoxy groups -OCH3 is 1. The van der Waals surface area contributed by atoms with Gasteiger partial charge in [-0.3, -0.25) is 0 Å². The number of aryl methyl sites for hydroxylation is 1. The second-order valence-corrected chi connectivity index (χ2v) is 7.23. The molecule has 1 heterocycles. The summed E-state index contributed by atoms with van der Waals surface area (Å²) in [6.45, 7) is 2.03. The third-order valence-electron chi connectivity index (χ3n) is 3.57. The number of hydrogen-bond donors (Lipinski definition) is 2. The van der Waals surface area contributed by atoms with Crippen molar-refractivity contribution in [2.75, 3.05) is 17.7 Å². The molecule has 0 amide bonds. The molecule has 2 aromatic carbocycles. The Morgan fingerprint density at radius 2 is 1.76 bits per heavy atom. The largest absolute Gasteiger partial charge is 0.465 e. The summed E-state index contributed by atoms with van der Waals surface area (Å²) >= 11 is 12.9. The second-order valence-electron chi connectivity index (χ2n) is 5.39. The minimum absolute atomic E-state index is 0.400. The predicted octanol–water partition coefficient (Wildman–Crippen LogP) is 5.46. The van der Waals surface area contributed by atoms with Crippen LogP contribution < -0.4 is 10.6 Å². The van der Waals surface area contributed by atoms with Crippen molar-refractivity contribution in [1.82, 2.24) is 0 Å². The number of fused-ring (bicyclic) bond motifs is 1. The molecule has 2 N–H and O–H groups in total. The quantitative estimate of drug-likeness (QED) is 0.459. The lowest BCUT2D eigenvalue weighted by Crippen LogP contribution is -2.18. The van der Waals surface area contributed by atoms with Crippen LogP contribution in [0, 0.1) is 6.92 Å². The molecule has 128 valence electrons. The second kappa shape index (κ2) is 7.39. The Bertz CT molecular complexity index is 952. The van der Waals surface area contributed by atoms with Gasteiger partial charge in [-0.2, -0.15) is 0 Å². The molecule has 0 saturated heterocycles. The lowest BCUT2D eigenvalue weighted by atomic mass is 10.2. The Morgan fingerprint density at radius 3 is 2.44 bits per heavy atom. The smallest absolute Gasteiger partial charge is 0.349 e. The predicted molar refractivity (Wildman–Crippen MR) is 109 cm³/mol. The highest BCUT2D eigenvalue weighted by Crippen LogP contribution is 2.37. The molecule has 0 bridgehead atoms.